The van der Waals surface area contributed by atoms with Crippen molar-refractivity contribution in [2.45, 2.75) is 6.92 Å². The molecule has 0 spiro atoms. The van der Waals surface area contributed by atoms with Crippen molar-refractivity contribution in [2.24, 2.45) is 0 Å². The lowest BCUT2D eigenvalue weighted by molar-refractivity contribution is -0.134. The summed E-state index contributed by atoms with van der Waals surface area (Å²) in [6.45, 7) is 2.06. The molecule has 0 saturated heterocycles. The van der Waals surface area contributed by atoms with Gasteiger partial charge in [0.1, 0.15) is 5.75 Å². The van der Waals surface area contributed by atoms with E-state index in [0.29, 0.717) is 0 Å². The Labute approximate surface area is 148 Å². The fourth-order valence-electron chi connectivity index (χ4n) is 2.21. The second kappa shape index (κ2) is 9.28. The number of benzene rings is 2. The van der Waals surface area contributed by atoms with E-state index in [-0.39, 0.29) is 5.97 Å². The third kappa shape index (κ3) is 5.81. The first-order valence-corrected chi connectivity index (χ1v) is 7.98. The molecule has 0 amide bonds. The van der Waals surface area contributed by atoms with Crippen LogP contribution >= 0.6 is 0 Å². The van der Waals surface area contributed by atoms with Crippen LogP contribution in [0, 0.1) is 6.92 Å². The van der Waals surface area contributed by atoms with E-state index in [9.17, 15) is 4.79 Å². The number of carbonyl (C=O) groups is 1. The van der Waals surface area contributed by atoms with Gasteiger partial charge in [-0.25, -0.2) is 4.79 Å². The van der Waals surface area contributed by atoms with E-state index in [0.717, 1.165) is 22.4 Å². The number of rotatable bonds is 6. The summed E-state index contributed by atoms with van der Waals surface area (Å²) < 4.78 is 9.80. The zero-order valence-electron chi connectivity index (χ0n) is 14.7. The van der Waals surface area contributed by atoms with Crippen molar-refractivity contribution >= 4 is 17.6 Å². The molecule has 0 aliphatic heterocycles. The maximum absolute atomic E-state index is 11.1. The van der Waals surface area contributed by atoms with Crippen LogP contribution in [0.5, 0.6) is 5.75 Å². The van der Waals surface area contributed by atoms with Gasteiger partial charge in [-0.15, -0.1) is 0 Å². The van der Waals surface area contributed by atoms with E-state index < -0.39 is 0 Å². The minimum atomic E-state index is -0.377. The average Bonchev–Trinajstić information content (AvgIpc) is 2.65. The highest BCUT2D eigenvalue weighted by molar-refractivity contribution is 5.88. The van der Waals surface area contributed by atoms with E-state index in [1.165, 1.54) is 18.7 Å². The third-order valence-corrected chi connectivity index (χ3v) is 3.64. The summed E-state index contributed by atoms with van der Waals surface area (Å²) in [6, 6.07) is 16.2. The lowest BCUT2D eigenvalue weighted by Crippen LogP contribution is -1.92. The summed E-state index contributed by atoms with van der Waals surface area (Å²) in [6.07, 6.45) is 8.93. The van der Waals surface area contributed by atoms with Crippen LogP contribution < -0.4 is 4.74 Å². The van der Waals surface area contributed by atoms with Crippen molar-refractivity contribution in [2.75, 3.05) is 14.2 Å². The van der Waals surface area contributed by atoms with E-state index in [4.69, 9.17) is 4.74 Å². The maximum Gasteiger partial charge on any atom is 0.330 e. The van der Waals surface area contributed by atoms with Crippen molar-refractivity contribution in [3.63, 3.8) is 0 Å². The van der Waals surface area contributed by atoms with Gasteiger partial charge in [0.25, 0.3) is 0 Å². The van der Waals surface area contributed by atoms with Gasteiger partial charge < -0.3 is 9.47 Å². The number of methoxy groups -OCH3 is 2. The van der Waals surface area contributed by atoms with Gasteiger partial charge in [-0.05, 0) is 41.8 Å². The molecule has 0 saturated carbocycles. The number of aryl methyl sites for hydroxylation is 1. The third-order valence-electron chi connectivity index (χ3n) is 3.64. The molecule has 0 fully saturated rings. The number of ether oxygens (including phenoxy) is 2. The lowest BCUT2D eigenvalue weighted by Gasteiger charge is -2.06. The van der Waals surface area contributed by atoms with Crippen LogP contribution in [0.25, 0.3) is 11.6 Å². The van der Waals surface area contributed by atoms with Crippen LogP contribution in [0.2, 0.25) is 0 Å². The number of esters is 1. The fraction of sp³-hybridized carbons (Fsp3) is 0.136. The molecule has 128 valence electrons. The van der Waals surface area contributed by atoms with E-state index in [1.807, 2.05) is 36.4 Å². The Morgan fingerprint density at radius 3 is 2.12 bits per heavy atom. The van der Waals surface area contributed by atoms with Gasteiger partial charge in [-0.1, -0.05) is 60.2 Å². The summed E-state index contributed by atoms with van der Waals surface area (Å²) in [7, 11) is 3.01. The summed E-state index contributed by atoms with van der Waals surface area (Å²) in [5.74, 6) is 0.436. The molecule has 0 N–H and O–H groups in total. The minimum absolute atomic E-state index is 0.377. The molecule has 0 bridgehead atoms. The van der Waals surface area contributed by atoms with Gasteiger partial charge >= 0.3 is 5.97 Å². The van der Waals surface area contributed by atoms with Crippen molar-refractivity contribution in [3.05, 3.63) is 89.5 Å². The van der Waals surface area contributed by atoms with E-state index >= 15 is 0 Å². The smallest absolute Gasteiger partial charge is 0.330 e. The Balaban J connectivity index is 2.32. The molecular weight excluding hydrogens is 312 g/mol. The molecule has 0 atom stereocenters. The summed E-state index contributed by atoms with van der Waals surface area (Å²) >= 11 is 0. The highest BCUT2D eigenvalue weighted by Gasteiger charge is 2.00. The molecule has 0 radical (unpaired) electrons. The number of hydrogen-bond acceptors (Lipinski definition) is 3. The SMILES string of the molecule is COC(=O)/C=C/C=C/C(=C/c1ccc(C)cc1)c1ccc(OC)cc1. The van der Waals surface area contributed by atoms with Crippen LogP contribution in [-0.4, -0.2) is 20.2 Å². The zero-order valence-corrected chi connectivity index (χ0v) is 14.7. The first-order valence-electron chi connectivity index (χ1n) is 7.98. The molecule has 0 aliphatic carbocycles. The molecule has 25 heavy (non-hydrogen) atoms. The molecule has 0 aromatic heterocycles. The summed E-state index contributed by atoms with van der Waals surface area (Å²) in [5, 5.41) is 0. The van der Waals surface area contributed by atoms with Crippen LogP contribution in [0.3, 0.4) is 0 Å². The topological polar surface area (TPSA) is 35.5 Å². The Morgan fingerprint density at radius 2 is 1.52 bits per heavy atom. The second-order valence-corrected chi connectivity index (χ2v) is 5.48. The molecule has 0 heterocycles. The van der Waals surface area contributed by atoms with Gasteiger partial charge in [0.15, 0.2) is 0 Å². The molecule has 2 rings (SSSR count). The molecule has 0 aliphatic rings. The van der Waals surface area contributed by atoms with Crippen molar-refractivity contribution in [1.29, 1.82) is 0 Å². The molecular formula is C22H22O3. The predicted molar refractivity (Wildman–Crippen MR) is 102 cm³/mol. The van der Waals surface area contributed by atoms with Gasteiger partial charge in [0.05, 0.1) is 14.2 Å². The van der Waals surface area contributed by atoms with Gasteiger partial charge in [-0.2, -0.15) is 0 Å². The van der Waals surface area contributed by atoms with Gasteiger partial charge in [-0.3, -0.25) is 0 Å². The first-order chi connectivity index (χ1) is 12.1. The quantitative estimate of drug-likeness (QED) is 0.328. The first kappa shape index (κ1) is 18.3. The highest BCUT2D eigenvalue weighted by Crippen LogP contribution is 2.22. The Kier molecular flexibility index (Phi) is 6.78. The van der Waals surface area contributed by atoms with Crippen LogP contribution in [0.1, 0.15) is 16.7 Å². The fourth-order valence-corrected chi connectivity index (χ4v) is 2.21. The Hall–Kier alpha value is -3.07. The Morgan fingerprint density at radius 1 is 0.880 bits per heavy atom. The molecule has 3 nitrogen and oxygen atoms in total. The highest BCUT2D eigenvalue weighted by atomic mass is 16.5. The average molecular weight is 334 g/mol. The number of carbonyl (C=O) groups excluding carboxylic acids is 1. The van der Waals surface area contributed by atoms with Crippen LogP contribution in [0.4, 0.5) is 0 Å². The molecule has 2 aromatic rings. The van der Waals surface area contributed by atoms with Crippen molar-refractivity contribution in [3.8, 4) is 5.75 Å². The monoisotopic (exact) mass is 334 g/mol. The molecule has 3 heteroatoms. The number of hydrogen-bond donors (Lipinski definition) is 0. The maximum atomic E-state index is 11.1. The summed E-state index contributed by atoms with van der Waals surface area (Å²) in [4.78, 5) is 11.1. The zero-order chi connectivity index (χ0) is 18.1. The van der Waals surface area contributed by atoms with Gasteiger partial charge in [0.2, 0.25) is 0 Å². The minimum Gasteiger partial charge on any atom is -0.497 e. The normalized spacial score (nSPS) is 11.9. The predicted octanol–water partition coefficient (Wildman–Crippen LogP) is 4.83. The lowest BCUT2D eigenvalue weighted by atomic mass is 10.0. The van der Waals surface area contributed by atoms with Crippen molar-refractivity contribution in [1.82, 2.24) is 0 Å². The van der Waals surface area contributed by atoms with E-state index in [2.05, 4.69) is 42.0 Å². The largest absolute Gasteiger partial charge is 0.497 e. The standard InChI is InChI=1S/C22H22O3/c1-17-8-10-18(11-9-17)16-20(6-4-5-7-22(23)25-3)19-12-14-21(24-2)15-13-19/h4-16H,1-3H3/b6-4+,7-5+,20-16-. The van der Waals surface area contributed by atoms with Crippen LogP contribution in [-0.2, 0) is 9.53 Å². The molecule has 0 unspecified atom stereocenters. The van der Waals surface area contributed by atoms with Gasteiger partial charge in [0, 0.05) is 6.08 Å². The van der Waals surface area contributed by atoms with Crippen molar-refractivity contribution < 1.29 is 14.3 Å². The summed E-state index contributed by atoms with van der Waals surface area (Å²) in [5.41, 5.74) is 4.42. The molecule has 2 aromatic carbocycles. The second-order valence-electron chi connectivity index (χ2n) is 5.48. The number of allylic oxidation sites excluding steroid dienone is 4. The van der Waals surface area contributed by atoms with E-state index in [1.54, 1.807) is 13.2 Å². The van der Waals surface area contributed by atoms with Crippen LogP contribution in [0.15, 0.2) is 72.8 Å². The Bertz CT molecular complexity index is 779.